The Bertz CT molecular complexity index is 3960. The van der Waals surface area contributed by atoms with Gasteiger partial charge in [0.15, 0.2) is 12.6 Å². The summed E-state index contributed by atoms with van der Waals surface area (Å²) in [5.41, 5.74) is 2.33. The van der Waals surface area contributed by atoms with Gasteiger partial charge in [0, 0.05) is 103 Å². The number of nitrogens with zero attached hydrogens (tertiary/aromatic N) is 2. The molecular formula is C93H122N5O24P. The van der Waals surface area contributed by atoms with Crippen LogP contribution in [0.1, 0.15) is 173 Å². The second-order valence-electron chi connectivity index (χ2n) is 30.9. The number of Topliss-reactive ketones (excluding diaryl/α,β-unsaturated/α-hetero) is 2. The molecule has 123 heavy (non-hydrogen) atoms. The third-order valence-corrected chi connectivity index (χ3v) is 23.4. The van der Waals surface area contributed by atoms with Crippen molar-refractivity contribution in [2.45, 2.75) is 218 Å². The van der Waals surface area contributed by atoms with E-state index in [-0.39, 0.29) is 115 Å². The number of ether oxygens (including phenoxy) is 14. The molecule has 2 unspecified atom stereocenters. The van der Waals surface area contributed by atoms with Gasteiger partial charge in [-0.15, -0.1) is 0 Å². The summed E-state index contributed by atoms with van der Waals surface area (Å²) in [5, 5.41) is 17.8. The van der Waals surface area contributed by atoms with Crippen molar-refractivity contribution in [3.05, 3.63) is 191 Å². The lowest BCUT2D eigenvalue weighted by atomic mass is 9.79. The van der Waals surface area contributed by atoms with Crippen LogP contribution in [0.15, 0.2) is 158 Å². The monoisotopic (exact) mass is 1720 g/mol. The maximum absolute atomic E-state index is 13.4. The number of methoxy groups -OCH3 is 4. The van der Waals surface area contributed by atoms with Gasteiger partial charge in [-0.05, 0) is 142 Å². The molecule has 0 bridgehead atoms. The summed E-state index contributed by atoms with van der Waals surface area (Å²) in [4.78, 5) is 105. The molecule has 8 rings (SSSR count). The Hall–Kier alpha value is -9.96. The minimum absolute atomic E-state index is 0.0328. The van der Waals surface area contributed by atoms with Gasteiger partial charge in [0.1, 0.15) is 89.4 Å². The highest BCUT2D eigenvalue weighted by Gasteiger charge is 2.51. The highest BCUT2D eigenvalue weighted by atomic mass is 31.2. The number of carbonyl (C=O) groups is 8. The first kappa shape index (κ1) is 98.5. The van der Waals surface area contributed by atoms with Crippen LogP contribution in [0.4, 0.5) is 4.79 Å². The predicted molar refractivity (Wildman–Crippen MR) is 457 cm³/mol. The number of hydrogen-bond donors (Lipinski definition) is 3. The summed E-state index contributed by atoms with van der Waals surface area (Å²) >= 11 is 0. The topological polar surface area (TPSA) is 347 Å². The van der Waals surface area contributed by atoms with Crippen LogP contribution in [0.2, 0.25) is 0 Å². The van der Waals surface area contributed by atoms with Crippen LogP contribution in [0.25, 0.3) is 0 Å². The van der Waals surface area contributed by atoms with E-state index in [0.717, 1.165) is 33.4 Å². The van der Waals surface area contributed by atoms with E-state index in [4.69, 9.17) is 75.4 Å². The second kappa shape index (κ2) is 50.1. The third kappa shape index (κ3) is 28.8. The predicted octanol–water partition coefficient (Wildman–Crippen LogP) is 13.6. The molecule has 3 amide bonds. The van der Waals surface area contributed by atoms with Gasteiger partial charge < -0.3 is 91.3 Å². The van der Waals surface area contributed by atoms with E-state index in [1.54, 1.807) is 28.4 Å². The van der Waals surface area contributed by atoms with Crippen LogP contribution in [0.5, 0.6) is 23.0 Å². The van der Waals surface area contributed by atoms with Crippen molar-refractivity contribution in [3.8, 4) is 29.1 Å². The zero-order chi connectivity index (χ0) is 89.0. The first-order valence-electron chi connectivity index (χ1n) is 41.9. The molecule has 0 spiro atoms. The normalized spacial score (nSPS) is 19.5. The van der Waals surface area contributed by atoms with Crippen molar-refractivity contribution in [1.29, 1.82) is 5.26 Å². The molecular weight excluding hydrogens is 1600 g/mol. The molecule has 29 nitrogen and oxygen atoms in total. The number of nitrogens with one attached hydrogen (secondary N) is 3. The van der Waals surface area contributed by atoms with Crippen molar-refractivity contribution < 1.29 is 114 Å². The fourth-order valence-corrected chi connectivity index (χ4v) is 16.8. The number of nitriles is 1. The SMILES string of the molecule is COc1ccc(C(OC[C@H]2O[C@@H](OCCCCC(=O)CCCC(=O)OCC(COC(=O)NCCC(=O)CCCCO[C@@H]3O[C@H](COC(c4ccccc4)(c4ccc(OC)cc4)c4ccc(OC)cc4)[C@H](C)[C@H](OC(C)=O)[C@H]3NC(C)=O)OP(OCCC#N)N(C(C)C)C(C)C)[C@H](NC(C)=O)[C@@H](OC(C)=O)[C@H]2C)(c2ccccc2)c2ccc(OC)cc2)cc1. The van der Waals surface area contributed by atoms with Crippen LogP contribution in [0.3, 0.4) is 0 Å². The van der Waals surface area contributed by atoms with Crippen LogP contribution < -0.4 is 34.9 Å². The Kier molecular flexibility index (Phi) is 40.1. The summed E-state index contributed by atoms with van der Waals surface area (Å²) in [5.74, 6) is -1.31. The minimum atomic E-state index is -1.91. The summed E-state index contributed by atoms with van der Waals surface area (Å²) in [6.45, 7) is 16.1. The van der Waals surface area contributed by atoms with Gasteiger partial charge in [-0.2, -0.15) is 5.26 Å². The number of carbonyl (C=O) groups excluding carboxylic acids is 8. The average Bonchev–Trinajstić information content (AvgIpc) is 0.751. The summed E-state index contributed by atoms with van der Waals surface area (Å²) < 4.78 is 101. The molecule has 12 atom stereocenters. The molecule has 2 fully saturated rings. The van der Waals surface area contributed by atoms with Crippen molar-refractivity contribution in [3.63, 3.8) is 0 Å². The van der Waals surface area contributed by atoms with E-state index in [2.05, 4.69) is 22.0 Å². The van der Waals surface area contributed by atoms with Crippen LogP contribution in [-0.2, 0) is 101 Å². The number of ketones is 2. The van der Waals surface area contributed by atoms with E-state index in [1.165, 1.54) is 27.7 Å². The Morgan fingerprint density at radius 3 is 1.22 bits per heavy atom. The zero-order valence-corrected chi connectivity index (χ0v) is 74.0. The van der Waals surface area contributed by atoms with Crippen LogP contribution in [0, 0.1) is 23.2 Å². The number of rotatable bonds is 51. The van der Waals surface area contributed by atoms with Crippen LogP contribution >= 0.6 is 8.53 Å². The minimum Gasteiger partial charge on any atom is -0.497 e. The average molecular weight is 1720 g/mol. The first-order valence-corrected chi connectivity index (χ1v) is 43.1. The van der Waals surface area contributed by atoms with Gasteiger partial charge in [-0.1, -0.05) is 123 Å². The summed E-state index contributed by atoms with van der Waals surface area (Å²) in [7, 11) is 4.47. The molecule has 0 aliphatic carbocycles. The standard InChI is InChI=1S/C93H122N5O24P/c1-61(2)98(62(3)4)123(117-56-26-52-94)122-81(57-113-84(105)34-25-33-75(103)31-21-23-54-111-89-85(96-65(7)99)87(118-67(9)101)63(5)82(120-89)59-115-92(69-27-17-15-18-28-69,71-35-43-77(107-11)44-36-71)72-37-45-78(108-12)46-38-72)58-114-91(106)95-53-51-76(104)32-22-24-55-112-90-86(97-66(8)100)88(119-68(10)102)64(6)83(121-90)60-116-93(70-29-19-16-20-30-70,73-39-47-79(109-13)48-40-73)74-41-49-80(110-14)50-42-74/h15-20,27-30,35-50,61-64,81-83,85-90H,21-26,31-34,51,53-60H2,1-14H3,(H,95,106)(H,96,99)(H,97,100)/t63-,64-,81?,82+,83+,85+,86+,87-,88-,89+,90+,123?/m0/s1. The summed E-state index contributed by atoms with van der Waals surface area (Å²) in [6.07, 6.45) is -5.48. The second-order valence-corrected chi connectivity index (χ2v) is 32.3. The largest absolute Gasteiger partial charge is 0.497 e. The molecule has 6 aromatic rings. The van der Waals surface area contributed by atoms with Crippen molar-refractivity contribution >= 4 is 55.9 Å². The molecule has 0 aromatic heterocycles. The van der Waals surface area contributed by atoms with Gasteiger partial charge >= 0.3 is 24.0 Å². The Morgan fingerprint density at radius 2 is 0.854 bits per heavy atom. The van der Waals surface area contributed by atoms with E-state index in [9.17, 15) is 43.6 Å². The van der Waals surface area contributed by atoms with Crippen LogP contribution in [-0.4, -0.2) is 201 Å². The fourth-order valence-electron chi connectivity index (χ4n) is 15.1. The number of alkyl carbamates (subject to hydrolysis) is 1. The first-order chi connectivity index (χ1) is 59.2. The Labute approximate surface area is 723 Å². The highest BCUT2D eigenvalue weighted by molar-refractivity contribution is 7.44. The molecule has 6 aromatic carbocycles. The van der Waals surface area contributed by atoms with E-state index < -0.39 is 129 Å². The lowest BCUT2D eigenvalue weighted by Crippen LogP contribution is -2.63. The molecule has 0 saturated carbocycles. The quantitative estimate of drug-likeness (QED) is 0.0105. The number of hydrogen-bond acceptors (Lipinski definition) is 26. The highest BCUT2D eigenvalue weighted by Crippen LogP contribution is 2.49. The fraction of sp³-hybridized carbons (Fsp3) is 0.516. The van der Waals surface area contributed by atoms with Crippen molar-refractivity contribution in [1.82, 2.24) is 20.6 Å². The molecule has 2 heterocycles. The molecule has 668 valence electrons. The molecule has 30 heteroatoms. The molecule has 0 radical (unpaired) electrons. The van der Waals surface area contributed by atoms with Gasteiger partial charge in [-0.25, -0.2) is 9.46 Å². The van der Waals surface area contributed by atoms with Gasteiger partial charge in [0.2, 0.25) is 11.8 Å². The number of benzene rings is 6. The maximum Gasteiger partial charge on any atom is 0.407 e. The van der Waals surface area contributed by atoms with Gasteiger partial charge in [0.05, 0.1) is 73.0 Å². The lowest BCUT2D eigenvalue weighted by Gasteiger charge is -2.46. The molecule has 3 N–H and O–H groups in total. The number of esters is 3. The van der Waals surface area contributed by atoms with Gasteiger partial charge in [0.25, 0.3) is 8.53 Å². The summed E-state index contributed by atoms with van der Waals surface area (Å²) in [6, 6.07) is 49.9. The smallest absolute Gasteiger partial charge is 0.407 e. The molecule has 2 saturated heterocycles. The number of amides is 3. The van der Waals surface area contributed by atoms with Crippen molar-refractivity contribution in [2.24, 2.45) is 11.8 Å². The zero-order valence-electron chi connectivity index (χ0n) is 73.1. The van der Waals surface area contributed by atoms with Crippen molar-refractivity contribution in [2.75, 3.05) is 81.2 Å². The molecule has 2 aliphatic heterocycles. The maximum atomic E-state index is 13.4. The lowest BCUT2D eigenvalue weighted by molar-refractivity contribution is -0.264. The van der Waals surface area contributed by atoms with E-state index in [0.29, 0.717) is 48.7 Å². The van der Waals surface area contributed by atoms with Gasteiger partial charge in [-0.3, -0.25) is 33.6 Å². The number of unbranched alkanes of at least 4 members (excludes halogenated alkanes) is 2. The van der Waals surface area contributed by atoms with E-state index in [1.807, 2.05) is 204 Å². The Morgan fingerprint density at radius 1 is 0.480 bits per heavy atom. The van der Waals surface area contributed by atoms with E-state index >= 15 is 0 Å². The molecule has 2 aliphatic rings. The third-order valence-electron chi connectivity index (χ3n) is 21.2. The Balaban J connectivity index is 0.823.